The normalized spacial score (nSPS) is 23.0. The minimum absolute atomic E-state index is 0.201. The molecule has 90 valence electrons. The van der Waals surface area contributed by atoms with Gasteiger partial charge in [-0.05, 0) is 20.8 Å². The zero-order valence-corrected chi connectivity index (χ0v) is 10.1. The summed E-state index contributed by atoms with van der Waals surface area (Å²) in [4.78, 5) is 0. The molecule has 1 aliphatic rings. The van der Waals surface area contributed by atoms with Gasteiger partial charge < -0.3 is 20.1 Å². The molecule has 2 N–H and O–H groups in total. The van der Waals surface area contributed by atoms with E-state index in [0.717, 1.165) is 39.5 Å². The fourth-order valence-electron chi connectivity index (χ4n) is 1.44. The van der Waals surface area contributed by atoms with Crippen LogP contribution in [-0.2, 0) is 9.47 Å². The van der Waals surface area contributed by atoms with Gasteiger partial charge in [0.05, 0.1) is 25.9 Å². The molecule has 0 radical (unpaired) electrons. The van der Waals surface area contributed by atoms with Crippen LogP contribution in [0.2, 0.25) is 0 Å². The third-order valence-corrected chi connectivity index (χ3v) is 2.21. The van der Waals surface area contributed by atoms with Gasteiger partial charge in [-0.3, -0.25) is 0 Å². The van der Waals surface area contributed by atoms with Crippen LogP contribution in [0.25, 0.3) is 0 Å². The summed E-state index contributed by atoms with van der Waals surface area (Å²) in [5, 5.41) is 6.79. The zero-order valence-electron chi connectivity index (χ0n) is 10.1. The van der Waals surface area contributed by atoms with Gasteiger partial charge in [0.1, 0.15) is 0 Å². The van der Waals surface area contributed by atoms with E-state index in [1.165, 1.54) is 0 Å². The van der Waals surface area contributed by atoms with E-state index >= 15 is 0 Å². The Hall–Kier alpha value is -0.160. The minimum Gasteiger partial charge on any atom is -0.376 e. The van der Waals surface area contributed by atoms with Gasteiger partial charge in [0.15, 0.2) is 0 Å². The van der Waals surface area contributed by atoms with E-state index in [2.05, 4.69) is 31.4 Å². The van der Waals surface area contributed by atoms with Crippen molar-refractivity contribution in [2.45, 2.75) is 32.4 Å². The van der Waals surface area contributed by atoms with E-state index in [1.807, 2.05) is 0 Å². The molecule has 1 fully saturated rings. The van der Waals surface area contributed by atoms with Crippen molar-refractivity contribution in [2.24, 2.45) is 0 Å². The molecule has 15 heavy (non-hydrogen) atoms. The Morgan fingerprint density at radius 2 is 2.00 bits per heavy atom. The summed E-state index contributed by atoms with van der Waals surface area (Å²) in [6, 6.07) is 0. The molecule has 0 bridgehead atoms. The van der Waals surface area contributed by atoms with Crippen molar-refractivity contribution < 1.29 is 9.47 Å². The van der Waals surface area contributed by atoms with Gasteiger partial charge >= 0.3 is 0 Å². The summed E-state index contributed by atoms with van der Waals surface area (Å²) in [6.45, 7) is 11.5. The van der Waals surface area contributed by atoms with Crippen molar-refractivity contribution in [1.29, 1.82) is 0 Å². The number of rotatable bonds is 5. The van der Waals surface area contributed by atoms with Gasteiger partial charge in [-0.1, -0.05) is 0 Å². The summed E-state index contributed by atoms with van der Waals surface area (Å²) in [6.07, 6.45) is 0.230. The smallest absolute Gasteiger partial charge is 0.0933 e. The van der Waals surface area contributed by atoms with Gasteiger partial charge in [0.25, 0.3) is 0 Å². The van der Waals surface area contributed by atoms with E-state index < -0.39 is 0 Å². The highest BCUT2D eigenvalue weighted by Gasteiger charge is 2.13. The van der Waals surface area contributed by atoms with E-state index in [0.29, 0.717) is 0 Å². The molecule has 0 spiro atoms. The van der Waals surface area contributed by atoms with Crippen LogP contribution < -0.4 is 10.6 Å². The van der Waals surface area contributed by atoms with Crippen LogP contribution in [-0.4, -0.2) is 51.1 Å². The van der Waals surface area contributed by atoms with Gasteiger partial charge in [0, 0.05) is 25.2 Å². The average Bonchev–Trinajstić information content (AvgIpc) is 2.17. The van der Waals surface area contributed by atoms with E-state index in [-0.39, 0.29) is 11.6 Å². The lowest BCUT2D eigenvalue weighted by Crippen LogP contribution is -2.43. The molecule has 1 unspecified atom stereocenters. The molecule has 1 atom stereocenters. The summed E-state index contributed by atoms with van der Waals surface area (Å²) in [5.74, 6) is 0. The predicted octanol–water partition coefficient (Wildman–Crippen LogP) is 0.380. The molecule has 4 nitrogen and oxygen atoms in total. The average molecular weight is 216 g/mol. The third-order valence-electron chi connectivity index (χ3n) is 2.21. The highest BCUT2D eigenvalue weighted by atomic mass is 16.6. The zero-order chi connectivity index (χ0) is 11.1. The van der Waals surface area contributed by atoms with Crippen LogP contribution in [0.1, 0.15) is 20.8 Å². The molecule has 0 amide bonds. The molecule has 1 saturated heterocycles. The number of hydrogen-bond acceptors (Lipinski definition) is 4. The van der Waals surface area contributed by atoms with Crippen molar-refractivity contribution in [1.82, 2.24) is 10.6 Å². The molecule has 1 rings (SSSR count). The Balaban J connectivity index is 1.92. The van der Waals surface area contributed by atoms with Gasteiger partial charge in [0.2, 0.25) is 0 Å². The Morgan fingerprint density at radius 3 is 2.60 bits per heavy atom. The van der Waals surface area contributed by atoms with Gasteiger partial charge in [-0.15, -0.1) is 0 Å². The van der Waals surface area contributed by atoms with Gasteiger partial charge in [-0.25, -0.2) is 0 Å². The Morgan fingerprint density at radius 1 is 1.20 bits per heavy atom. The standard InChI is InChI=1S/C11H24N2O2/c1-11(2,3)13-5-4-12-8-10-9-14-6-7-15-10/h10,12-13H,4-9H2,1-3H3. The third kappa shape index (κ3) is 6.84. The Bertz CT molecular complexity index is 162. The summed E-state index contributed by atoms with van der Waals surface area (Å²) >= 11 is 0. The maximum Gasteiger partial charge on any atom is 0.0933 e. The Kier molecular flexibility index (Phi) is 5.53. The highest BCUT2D eigenvalue weighted by Crippen LogP contribution is 1.99. The summed E-state index contributed by atoms with van der Waals surface area (Å²) < 4.78 is 10.8. The van der Waals surface area contributed by atoms with Crippen LogP contribution in [0.5, 0.6) is 0 Å². The first-order valence-corrected chi connectivity index (χ1v) is 5.73. The van der Waals surface area contributed by atoms with Crippen molar-refractivity contribution in [2.75, 3.05) is 39.5 Å². The molecule has 0 saturated carbocycles. The number of hydrogen-bond donors (Lipinski definition) is 2. The van der Waals surface area contributed by atoms with Crippen LogP contribution >= 0.6 is 0 Å². The maximum absolute atomic E-state index is 5.52. The summed E-state index contributed by atoms with van der Waals surface area (Å²) in [7, 11) is 0. The van der Waals surface area contributed by atoms with E-state index in [4.69, 9.17) is 9.47 Å². The lowest BCUT2D eigenvalue weighted by atomic mass is 10.1. The number of nitrogens with one attached hydrogen (secondary N) is 2. The first-order valence-electron chi connectivity index (χ1n) is 5.73. The minimum atomic E-state index is 0.201. The highest BCUT2D eigenvalue weighted by molar-refractivity contribution is 4.71. The van der Waals surface area contributed by atoms with Gasteiger partial charge in [-0.2, -0.15) is 0 Å². The monoisotopic (exact) mass is 216 g/mol. The SMILES string of the molecule is CC(C)(C)NCCNCC1COCCO1. The molecule has 1 aliphatic heterocycles. The fraction of sp³-hybridized carbons (Fsp3) is 1.00. The molecule has 0 aromatic carbocycles. The van der Waals surface area contributed by atoms with E-state index in [9.17, 15) is 0 Å². The quantitative estimate of drug-likeness (QED) is 0.652. The first-order chi connectivity index (χ1) is 7.08. The second-order valence-electron chi connectivity index (χ2n) is 4.95. The topological polar surface area (TPSA) is 42.5 Å². The molecular weight excluding hydrogens is 192 g/mol. The molecule has 4 heteroatoms. The molecular formula is C11H24N2O2. The van der Waals surface area contributed by atoms with Crippen molar-refractivity contribution in [3.05, 3.63) is 0 Å². The first kappa shape index (κ1) is 12.9. The van der Waals surface area contributed by atoms with Crippen LogP contribution in [0, 0.1) is 0 Å². The van der Waals surface area contributed by atoms with Crippen LogP contribution in [0.3, 0.4) is 0 Å². The lowest BCUT2D eigenvalue weighted by Gasteiger charge is -2.24. The van der Waals surface area contributed by atoms with Crippen LogP contribution in [0.4, 0.5) is 0 Å². The number of ether oxygens (including phenoxy) is 2. The fourth-order valence-corrected chi connectivity index (χ4v) is 1.44. The predicted molar refractivity (Wildman–Crippen MR) is 61.2 cm³/mol. The summed E-state index contributed by atoms with van der Waals surface area (Å²) in [5.41, 5.74) is 0.201. The van der Waals surface area contributed by atoms with E-state index in [1.54, 1.807) is 0 Å². The van der Waals surface area contributed by atoms with Crippen molar-refractivity contribution in [3.8, 4) is 0 Å². The van der Waals surface area contributed by atoms with Crippen molar-refractivity contribution >= 4 is 0 Å². The molecule has 0 aromatic rings. The van der Waals surface area contributed by atoms with Crippen molar-refractivity contribution in [3.63, 3.8) is 0 Å². The second kappa shape index (κ2) is 6.43. The largest absolute Gasteiger partial charge is 0.376 e. The molecule has 0 aromatic heterocycles. The molecule has 1 heterocycles. The lowest BCUT2D eigenvalue weighted by molar-refractivity contribution is -0.0862. The van der Waals surface area contributed by atoms with Crippen LogP contribution in [0.15, 0.2) is 0 Å². The molecule has 0 aliphatic carbocycles. The Labute approximate surface area is 92.7 Å². The second-order valence-corrected chi connectivity index (χ2v) is 4.95. The maximum atomic E-state index is 5.52.